The van der Waals surface area contributed by atoms with Gasteiger partial charge in [-0.3, -0.25) is 4.90 Å². The Morgan fingerprint density at radius 3 is 2.46 bits per heavy atom. The first-order valence-corrected chi connectivity index (χ1v) is 10.0. The van der Waals surface area contributed by atoms with E-state index >= 15 is 0 Å². The lowest BCUT2D eigenvalue weighted by molar-refractivity contribution is -0.148. The molecule has 28 heavy (non-hydrogen) atoms. The van der Waals surface area contributed by atoms with Gasteiger partial charge in [-0.2, -0.15) is 13.2 Å². The highest BCUT2D eigenvalue weighted by atomic mass is 79.9. The first-order chi connectivity index (χ1) is 13.1. The third-order valence-corrected chi connectivity index (χ3v) is 5.79. The minimum Gasteiger partial charge on any atom is -0.465 e. The molecule has 1 fully saturated rings. The zero-order chi connectivity index (χ0) is 20.9. The Labute approximate surface area is 172 Å². The van der Waals surface area contributed by atoms with Crippen LogP contribution in [0.1, 0.15) is 32.3 Å². The maximum atomic E-state index is 12.6. The van der Waals surface area contributed by atoms with Crippen molar-refractivity contribution in [2.24, 2.45) is 5.92 Å². The van der Waals surface area contributed by atoms with Crippen LogP contribution in [0.3, 0.4) is 0 Å². The molecule has 1 aromatic rings. The summed E-state index contributed by atoms with van der Waals surface area (Å²) >= 11 is 3.47. The van der Waals surface area contributed by atoms with Gasteiger partial charge in [-0.1, -0.05) is 34.1 Å². The Hall–Kier alpha value is -1.54. The van der Waals surface area contributed by atoms with Gasteiger partial charge in [-0.15, -0.1) is 0 Å². The van der Waals surface area contributed by atoms with Crippen molar-refractivity contribution in [3.05, 3.63) is 40.0 Å². The summed E-state index contributed by atoms with van der Waals surface area (Å²) in [5.74, 6) is -0.207. The number of benzene rings is 1. The van der Waals surface area contributed by atoms with Gasteiger partial charge in [0, 0.05) is 21.8 Å². The summed E-state index contributed by atoms with van der Waals surface area (Å²) < 4.78 is 43.4. The molecule has 1 N–H and O–H groups in total. The van der Waals surface area contributed by atoms with Crippen molar-refractivity contribution in [1.29, 1.82) is 0 Å². The van der Waals surface area contributed by atoms with Gasteiger partial charge in [-0.05, 0) is 51.8 Å². The number of hydrogen-bond donors (Lipinski definition) is 1. The highest BCUT2D eigenvalue weighted by Crippen LogP contribution is 2.29. The van der Waals surface area contributed by atoms with Crippen molar-refractivity contribution < 1.29 is 22.7 Å². The summed E-state index contributed by atoms with van der Waals surface area (Å²) in [5, 5.41) is 3.37. The summed E-state index contributed by atoms with van der Waals surface area (Å²) in [5.41, 5.74) is 1.85. The van der Waals surface area contributed by atoms with Crippen LogP contribution in [0, 0.1) is 5.92 Å². The molecule has 0 amide bonds. The number of nitrogens with one attached hydrogen (secondary N) is 1. The molecular weight excluding hydrogens is 437 g/mol. The Bertz CT molecular complexity index is 714. The minimum absolute atomic E-state index is 0.0233. The second-order valence-electron chi connectivity index (χ2n) is 7.13. The second-order valence-corrected chi connectivity index (χ2v) is 7.99. The SMILES string of the molecule is COC(=O)/C(=C(/C)N[C@H](C)C1CCN(CC(F)(F)F)CC1)c1ccccc1Br. The highest BCUT2D eigenvalue weighted by molar-refractivity contribution is 9.10. The molecule has 1 aliphatic rings. The van der Waals surface area contributed by atoms with Gasteiger partial charge >= 0.3 is 12.1 Å². The van der Waals surface area contributed by atoms with E-state index in [0.717, 1.165) is 10.0 Å². The fourth-order valence-corrected chi connectivity index (χ4v) is 4.11. The van der Waals surface area contributed by atoms with Crippen LogP contribution in [0.15, 0.2) is 34.4 Å². The number of nitrogens with zero attached hydrogens (tertiary/aromatic N) is 1. The van der Waals surface area contributed by atoms with Crippen LogP contribution in [-0.4, -0.2) is 49.8 Å². The molecule has 2 rings (SSSR count). The smallest absolute Gasteiger partial charge is 0.401 e. The molecule has 0 aromatic heterocycles. The standard InChI is InChI=1S/C20H26BrF3N2O2/c1-13(15-8-10-26(11-9-15)12-20(22,23)24)25-14(2)18(19(27)28-3)16-6-4-5-7-17(16)21/h4-7,13,15,25H,8-12H2,1-3H3/b18-14-/t13-/m1/s1. The fourth-order valence-electron chi connectivity index (χ4n) is 3.63. The Balaban J connectivity index is 2.09. The van der Waals surface area contributed by atoms with E-state index in [1.54, 1.807) is 0 Å². The molecule has 0 radical (unpaired) electrons. The largest absolute Gasteiger partial charge is 0.465 e. The van der Waals surface area contributed by atoms with Crippen LogP contribution in [0.5, 0.6) is 0 Å². The van der Waals surface area contributed by atoms with Crippen molar-refractivity contribution in [3.8, 4) is 0 Å². The van der Waals surface area contributed by atoms with Crippen molar-refractivity contribution >= 4 is 27.5 Å². The summed E-state index contributed by atoms with van der Waals surface area (Å²) in [6, 6.07) is 7.42. The Morgan fingerprint density at radius 1 is 1.32 bits per heavy atom. The monoisotopic (exact) mass is 462 g/mol. The number of esters is 1. The number of hydrogen-bond acceptors (Lipinski definition) is 4. The highest BCUT2D eigenvalue weighted by Gasteiger charge is 2.33. The summed E-state index contributed by atoms with van der Waals surface area (Å²) in [6.07, 6.45) is -2.80. The van der Waals surface area contributed by atoms with Crippen molar-refractivity contribution in [2.45, 2.75) is 38.9 Å². The minimum atomic E-state index is -4.16. The van der Waals surface area contributed by atoms with E-state index in [1.165, 1.54) is 12.0 Å². The number of rotatable bonds is 6. The Morgan fingerprint density at radius 2 is 1.93 bits per heavy atom. The molecule has 4 nitrogen and oxygen atoms in total. The number of carbonyl (C=O) groups is 1. The predicted molar refractivity (Wildman–Crippen MR) is 107 cm³/mol. The van der Waals surface area contributed by atoms with Gasteiger partial charge in [-0.25, -0.2) is 4.79 Å². The van der Waals surface area contributed by atoms with E-state index in [1.807, 2.05) is 38.1 Å². The number of alkyl halides is 3. The van der Waals surface area contributed by atoms with Crippen molar-refractivity contribution in [2.75, 3.05) is 26.7 Å². The molecule has 1 atom stereocenters. The number of allylic oxidation sites excluding steroid dienone is 1. The van der Waals surface area contributed by atoms with Gasteiger partial charge in [0.05, 0.1) is 19.2 Å². The number of carbonyl (C=O) groups excluding carboxylic acids is 1. The maximum Gasteiger partial charge on any atom is 0.401 e. The summed E-state index contributed by atoms with van der Waals surface area (Å²) in [4.78, 5) is 13.8. The molecule has 8 heteroatoms. The molecule has 1 saturated heterocycles. The van der Waals surface area contributed by atoms with Crippen LogP contribution in [0.25, 0.3) is 5.57 Å². The topological polar surface area (TPSA) is 41.6 Å². The summed E-state index contributed by atoms with van der Waals surface area (Å²) in [6.45, 7) is 3.82. The fraction of sp³-hybridized carbons (Fsp3) is 0.550. The first-order valence-electron chi connectivity index (χ1n) is 9.22. The lowest BCUT2D eigenvalue weighted by Crippen LogP contribution is -2.44. The van der Waals surface area contributed by atoms with E-state index < -0.39 is 18.7 Å². The molecule has 0 bridgehead atoms. The van der Waals surface area contributed by atoms with Crippen LogP contribution < -0.4 is 5.32 Å². The summed E-state index contributed by atoms with van der Waals surface area (Å²) in [7, 11) is 1.34. The zero-order valence-electron chi connectivity index (χ0n) is 16.3. The van der Waals surface area contributed by atoms with Crippen molar-refractivity contribution in [1.82, 2.24) is 10.2 Å². The Kier molecular flexibility index (Phi) is 7.95. The van der Waals surface area contributed by atoms with E-state index in [9.17, 15) is 18.0 Å². The third-order valence-electron chi connectivity index (χ3n) is 5.09. The van der Waals surface area contributed by atoms with E-state index in [-0.39, 0.29) is 12.0 Å². The number of ether oxygens (including phenoxy) is 1. The number of likely N-dealkylation sites (tertiary alicyclic amines) is 1. The molecule has 156 valence electrons. The molecule has 0 aliphatic carbocycles. The van der Waals surface area contributed by atoms with E-state index in [4.69, 9.17) is 4.74 Å². The molecule has 0 unspecified atom stereocenters. The van der Waals surface area contributed by atoms with E-state index in [2.05, 4.69) is 21.2 Å². The lowest BCUT2D eigenvalue weighted by Gasteiger charge is -2.36. The van der Waals surface area contributed by atoms with Crippen LogP contribution >= 0.6 is 15.9 Å². The van der Waals surface area contributed by atoms with Crippen LogP contribution in [-0.2, 0) is 9.53 Å². The van der Waals surface area contributed by atoms with Gasteiger partial charge in [0.2, 0.25) is 0 Å². The second kappa shape index (κ2) is 9.78. The van der Waals surface area contributed by atoms with Crippen LogP contribution in [0.2, 0.25) is 0 Å². The zero-order valence-corrected chi connectivity index (χ0v) is 17.9. The number of piperidine rings is 1. The maximum absolute atomic E-state index is 12.6. The third kappa shape index (κ3) is 6.24. The lowest BCUT2D eigenvalue weighted by atomic mass is 9.90. The van der Waals surface area contributed by atoms with Gasteiger partial charge in [0.25, 0.3) is 0 Å². The first kappa shape index (κ1) is 22.7. The quantitative estimate of drug-likeness (QED) is 0.495. The normalized spacial score (nSPS) is 18.4. The number of methoxy groups -OCH3 is 1. The predicted octanol–water partition coefficient (Wildman–Crippen LogP) is 4.61. The van der Waals surface area contributed by atoms with Crippen molar-refractivity contribution in [3.63, 3.8) is 0 Å². The molecule has 0 saturated carbocycles. The van der Waals surface area contributed by atoms with Crippen LogP contribution in [0.4, 0.5) is 13.2 Å². The van der Waals surface area contributed by atoms with Gasteiger partial charge in [0.15, 0.2) is 0 Å². The van der Waals surface area contributed by atoms with Gasteiger partial charge in [0.1, 0.15) is 0 Å². The molecule has 1 aromatic carbocycles. The van der Waals surface area contributed by atoms with E-state index in [0.29, 0.717) is 37.2 Å². The molecular formula is C20H26BrF3N2O2. The van der Waals surface area contributed by atoms with Gasteiger partial charge < -0.3 is 10.1 Å². The average molecular weight is 463 g/mol. The number of halogens is 4. The molecule has 0 spiro atoms. The molecule has 1 heterocycles. The average Bonchev–Trinajstić information content (AvgIpc) is 2.62. The molecule has 1 aliphatic heterocycles.